The van der Waals surface area contributed by atoms with Crippen molar-refractivity contribution in [3.05, 3.63) is 17.5 Å². The van der Waals surface area contributed by atoms with Crippen LogP contribution in [-0.4, -0.2) is 36.2 Å². The maximum Gasteiger partial charge on any atom is 0.307 e. The van der Waals surface area contributed by atoms with Crippen LogP contribution < -0.4 is 0 Å². The minimum Gasteiger partial charge on any atom is -0.466 e. The summed E-state index contributed by atoms with van der Waals surface area (Å²) in [6.45, 7) is 5.43. The fourth-order valence-electron chi connectivity index (χ4n) is 1.36. The highest BCUT2D eigenvalue weighted by molar-refractivity contribution is 5.69. The van der Waals surface area contributed by atoms with Gasteiger partial charge in [-0.3, -0.25) is 9.69 Å². The zero-order valence-electron chi connectivity index (χ0n) is 10.0. The van der Waals surface area contributed by atoms with Crippen molar-refractivity contribution in [3.8, 4) is 0 Å². The van der Waals surface area contributed by atoms with Crippen LogP contribution >= 0.6 is 0 Å². The second-order valence-electron chi connectivity index (χ2n) is 3.72. The number of nitrogens with zero attached hydrogens (tertiary/aromatic N) is 2. The first-order chi connectivity index (χ1) is 7.61. The van der Waals surface area contributed by atoms with E-state index in [2.05, 4.69) is 5.16 Å². The van der Waals surface area contributed by atoms with E-state index in [1.807, 2.05) is 24.9 Å². The van der Waals surface area contributed by atoms with Crippen LogP contribution in [0.25, 0.3) is 0 Å². The van der Waals surface area contributed by atoms with Gasteiger partial charge in [-0.25, -0.2) is 0 Å². The monoisotopic (exact) mass is 226 g/mol. The third-order valence-electron chi connectivity index (χ3n) is 2.11. The van der Waals surface area contributed by atoms with Crippen molar-refractivity contribution >= 4 is 5.97 Å². The number of aryl methyl sites for hydroxylation is 1. The Morgan fingerprint density at radius 3 is 2.94 bits per heavy atom. The molecule has 16 heavy (non-hydrogen) atoms. The van der Waals surface area contributed by atoms with Crippen molar-refractivity contribution in [2.75, 3.05) is 20.2 Å². The Hall–Kier alpha value is -1.36. The van der Waals surface area contributed by atoms with Crippen LogP contribution in [0.5, 0.6) is 0 Å². The average Bonchev–Trinajstić information content (AvgIpc) is 2.61. The molecular formula is C11H18N2O3. The first-order valence-electron chi connectivity index (χ1n) is 5.38. The Balaban J connectivity index is 2.25. The zero-order chi connectivity index (χ0) is 12.0. The van der Waals surface area contributed by atoms with Crippen molar-refractivity contribution < 1.29 is 14.1 Å². The number of esters is 1. The Bertz CT molecular complexity index is 336. The van der Waals surface area contributed by atoms with E-state index in [9.17, 15) is 4.79 Å². The molecule has 1 rings (SSSR count). The first-order valence-corrected chi connectivity index (χ1v) is 5.38. The van der Waals surface area contributed by atoms with Crippen LogP contribution in [0.15, 0.2) is 10.6 Å². The minimum atomic E-state index is -0.161. The number of aromatic nitrogens is 1. The van der Waals surface area contributed by atoms with Crippen molar-refractivity contribution in [3.63, 3.8) is 0 Å². The van der Waals surface area contributed by atoms with Gasteiger partial charge in [-0.1, -0.05) is 5.16 Å². The molecule has 0 saturated heterocycles. The minimum absolute atomic E-state index is 0.161. The van der Waals surface area contributed by atoms with Gasteiger partial charge in [0.25, 0.3) is 0 Å². The van der Waals surface area contributed by atoms with Gasteiger partial charge < -0.3 is 9.26 Å². The maximum absolute atomic E-state index is 11.1. The van der Waals surface area contributed by atoms with Gasteiger partial charge in [-0.15, -0.1) is 0 Å². The molecule has 90 valence electrons. The van der Waals surface area contributed by atoms with Crippen LogP contribution in [0.2, 0.25) is 0 Å². The van der Waals surface area contributed by atoms with Gasteiger partial charge in [0, 0.05) is 19.2 Å². The second kappa shape index (κ2) is 6.27. The average molecular weight is 226 g/mol. The van der Waals surface area contributed by atoms with E-state index >= 15 is 0 Å². The van der Waals surface area contributed by atoms with Crippen LogP contribution in [0, 0.1) is 6.92 Å². The van der Waals surface area contributed by atoms with Crippen molar-refractivity contribution in [2.24, 2.45) is 0 Å². The van der Waals surface area contributed by atoms with Gasteiger partial charge in [0.05, 0.1) is 18.7 Å². The van der Waals surface area contributed by atoms with Crippen molar-refractivity contribution in [1.29, 1.82) is 0 Å². The number of carbonyl (C=O) groups excluding carboxylic acids is 1. The molecule has 0 amide bonds. The molecule has 1 aromatic heterocycles. The number of carbonyl (C=O) groups is 1. The predicted octanol–water partition coefficient (Wildman–Crippen LogP) is 1.37. The van der Waals surface area contributed by atoms with Gasteiger partial charge in [0.2, 0.25) is 0 Å². The summed E-state index contributed by atoms with van der Waals surface area (Å²) in [6, 6.07) is 1.89. The number of hydrogen-bond acceptors (Lipinski definition) is 5. The molecular weight excluding hydrogens is 208 g/mol. The highest BCUT2D eigenvalue weighted by Crippen LogP contribution is 2.04. The molecule has 0 aliphatic heterocycles. The second-order valence-corrected chi connectivity index (χ2v) is 3.72. The molecule has 0 saturated carbocycles. The predicted molar refractivity (Wildman–Crippen MR) is 58.8 cm³/mol. The number of ether oxygens (including phenoxy) is 1. The lowest BCUT2D eigenvalue weighted by Crippen LogP contribution is -2.22. The molecule has 0 radical (unpaired) electrons. The van der Waals surface area contributed by atoms with Crippen LogP contribution in [0.1, 0.15) is 24.8 Å². The molecule has 0 atom stereocenters. The Morgan fingerprint density at radius 2 is 2.38 bits per heavy atom. The van der Waals surface area contributed by atoms with Crippen LogP contribution in [-0.2, 0) is 16.1 Å². The molecule has 1 aromatic rings. The highest BCUT2D eigenvalue weighted by Gasteiger charge is 2.07. The van der Waals surface area contributed by atoms with Crippen LogP contribution in [0.4, 0.5) is 0 Å². The molecule has 5 nitrogen and oxygen atoms in total. The van der Waals surface area contributed by atoms with E-state index < -0.39 is 0 Å². The third-order valence-corrected chi connectivity index (χ3v) is 2.11. The summed E-state index contributed by atoms with van der Waals surface area (Å²) in [7, 11) is 1.93. The van der Waals surface area contributed by atoms with Crippen molar-refractivity contribution in [1.82, 2.24) is 10.1 Å². The lowest BCUT2D eigenvalue weighted by molar-refractivity contribution is -0.143. The number of rotatable bonds is 6. The standard InChI is InChI=1S/C11H18N2O3/c1-4-15-11(14)5-6-13(3)8-10-7-9(2)16-12-10/h7H,4-6,8H2,1-3H3. The molecule has 0 bridgehead atoms. The maximum atomic E-state index is 11.1. The molecule has 0 unspecified atom stereocenters. The molecule has 0 spiro atoms. The molecule has 1 heterocycles. The molecule has 0 fully saturated rings. The molecule has 5 heteroatoms. The normalized spacial score (nSPS) is 10.8. The van der Waals surface area contributed by atoms with Gasteiger partial charge in [0.15, 0.2) is 0 Å². The van der Waals surface area contributed by atoms with E-state index in [1.54, 1.807) is 6.92 Å². The lowest BCUT2D eigenvalue weighted by Gasteiger charge is -2.13. The van der Waals surface area contributed by atoms with Gasteiger partial charge in [-0.05, 0) is 20.9 Å². The lowest BCUT2D eigenvalue weighted by atomic mass is 10.3. The molecule has 0 aliphatic carbocycles. The highest BCUT2D eigenvalue weighted by atomic mass is 16.5. The van der Waals surface area contributed by atoms with Crippen molar-refractivity contribution in [2.45, 2.75) is 26.8 Å². The summed E-state index contributed by atoms with van der Waals surface area (Å²) in [5, 5.41) is 3.89. The summed E-state index contributed by atoms with van der Waals surface area (Å²) in [4.78, 5) is 13.1. The topological polar surface area (TPSA) is 55.6 Å². The molecule has 0 N–H and O–H groups in total. The third kappa shape index (κ3) is 4.44. The fourth-order valence-corrected chi connectivity index (χ4v) is 1.36. The number of hydrogen-bond donors (Lipinski definition) is 0. The van der Waals surface area contributed by atoms with E-state index in [1.165, 1.54) is 0 Å². The van der Waals surface area contributed by atoms with E-state index in [0.29, 0.717) is 26.1 Å². The van der Waals surface area contributed by atoms with E-state index in [-0.39, 0.29) is 5.97 Å². The van der Waals surface area contributed by atoms with E-state index in [0.717, 1.165) is 11.5 Å². The summed E-state index contributed by atoms with van der Waals surface area (Å²) >= 11 is 0. The fraction of sp³-hybridized carbons (Fsp3) is 0.636. The quantitative estimate of drug-likeness (QED) is 0.686. The van der Waals surface area contributed by atoms with Gasteiger partial charge in [-0.2, -0.15) is 0 Å². The summed E-state index contributed by atoms with van der Waals surface area (Å²) in [5.41, 5.74) is 0.879. The zero-order valence-corrected chi connectivity index (χ0v) is 10.0. The Kier molecular flexibility index (Phi) is 4.98. The molecule has 0 aliphatic rings. The smallest absolute Gasteiger partial charge is 0.307 e. The van der Waals surface area contributed by atoms with Gasteiger partial charge in [0.1, 0.15) is 5.76 Å². The summed E-state index contributed by atoms with van der Waals surface area (Å²) in [5.74, 6) is 0.638. The van der Waals surface area contributed by atoms with Crippen LogP contribution in [0.3, 0.4) is 0 Å². The Labute approximate surface area is 95.4 Å². The molecule has 0 aromatic carbocycles. The Morgan fingerprint density at radius 1 is 1.62 bits per heavy atom. The van der Waals surface area contributed by atoms with Gasteiger partial charge >= 0.3 is 5.97 Å². The first kappa shape index (κ1) is 12.7. The SMILES string of the molecule is CCOC(=O)CCN(C)Cc1cc(C)on1. The summed E-state index contributed by atoms with van der Waals surface area (Å²) in [6.07, 6.45) is 0.404. The summed E-state index contributed by atoms with van der Waals surface area (Å²) < 4.78 is 9.81. The van der Waals surface area contributed by atoms with E-state index in [4.69, 9.17) is 9.26 Å². The largest absolute Gasteiger partial charge is 0.466 e.